The van der Waals surface area contributed by atoms with Crippen molar-refractivity contribution < 1.29 is 4.39 Å². The lowest BCUT2D eigenvalue weighted by molar-refractivity contribution is 0.629. The Bertz CT molecular complexity index is 1200. The summed E-state index contributed by atoms with van der Waals surface area (Å²) < 4.78 is 14.4. The fraction of sp³-hybridized carbons (Fsp3) is 0.158. The van der Waals surface area contributed by atoms with Gasteiger partial charge in [-0.2, -0.15) is 0 Å². The van der Waals surface area contributed by atoms with E-state index in [9.17, 15) is 9.18 Å². The second-order valence-electron chi connectivity index (χ2n) is 6.17. The first-order valence-electron chi connectivity index (χ1n) is 8.46. The number of aromatic amines is 2. The number of aromatic nitrogens is 3. The van der Waals surface area contributed by atoms with Gasteiger partial charge in [0.2, 0.25) is 0 Å². The van der Waals surface area contributed by atoms with Crippen molar-refractivity contribution in [3.05, 3.63) is 57.0 Å². The van der Waals surface area contributed by atoms with Crippen LogP contribution in [-0.2, 0) is 0 Å². The van der Waals surface area contributed by atoms with Gasteiger partial charge in [0.25, 0.3) is 5.56 Å². The first kappa shape index (κ1) is 17.7. The van der Waals surface area contributed by atoms with Crippen molar-refractivity contribution in [2.75, 3.05) is 25.5 Å². The molecule has 0 atom stereocenters. The molecule has 0 spiro atoms. The van der Waals surface area contributed by atoms with E-state index in [0.717, 1.165) is 21.9 Å². The molecule has 4 N–H and O–H groups in total. The minimum absolute atomic E-state index is 0.267. The number of rotatable bonds is 5. The largest absolute Gasteiger partial charge is 0.382 e. The highest BCUT2D eigenvalue weighted by Gasteiger charge is 2.18. The number of H-pyrrole nitrogens is 2. The van der Waals surface area contributed by atoms with E-state index in [0.29, 0.717) is 34.7 Å². The highest BCUT2D eigenvalue weighted by atomic mass is 79.9. The van der Waals surface area contributed by atoms with Gasteiger partial charge in [-0.25, -0.2) is 9.37 Å². The van der Waals surface area contributed by atoms with Gasteiger partial charge in [-0.1, -0.05) is 15.9 Å². The van der Waals surface area contributed by atoms with Gasteiger partial charge in [0.15, 0.2) is 0 Å². The van der Waals surface area contributed by atoms with Gasteiger partial charge in [0.05, 0.1) is 22.2 Å². The number of anilines is 1. The van der Waals surface area contributed by atoms with Crippen molar-refractivity contribution >= 4 is 43.6 Å². The number of hydrogen-bond donors (Lipinski definition) is 4. The summed E-state index contributed by atoms with van der Waals surface area (Å²) in [4.78, 5) is 23.3. The van der Waals surface area contributed by atoms with Crippen LogP contribution in [0.3, 0.4) is 0 Å². The number of fused-ring (bicyclic) bond motifs is 2. The number of likely N-dealkylation sites (N-methyl/N-ethyl adjacent to an activating group) is 1. The number of imidazole rings is 1. The zero-order chi connectivity index (χ0) is 19.0. The first-order valence-corrected chi connectivity index (χ1v) is 9.26. The van der Waals surface area contributed by atoms with Crippen molar-refractivity contribution in [1.82, 2.24) is 20.3 Å². The van der Waals surface area contributed by atoms with Crippen LogP contribution in [0.4, 0.5) is 10.1 Å². The standard InChI is InChI=1S/C19H17BrFN5O/c1-22-6-7-23-17-12-8-10(20)2-4-13(12)26-19(27)16(17)18-24-14-5-3-11(21)9-15(14)25-18/h2-5,8-9,22H,6-7H2,1H3,(H,24,25)(H2,23,26,27). The van der Waals surface area contributed by atoms with Crippen LogP contribution in [0.5, 0.6) is 0 Å². The molecule has 0 aliphatic carbocycles. The third-order valence-corrected chi connectivity index (χ3v) is 4.83. The third kappa shape index (κ3) is 3.33. The summed E-state index contributed by atoms with van der Waals surface area (Å²) in [5.74, 6) is 0.0344. The lowest BCUT2D eigenvalue weighted by Crippen LogP contribution is -2.20. The molecular weight excluding hydrogens is 413 g/mol. The molecule has 2 aromatic heterocycles. The maximum atomic E-state index is 13.5. The Morgan fingerprint density at radius 2 is 1.96 bits per heavy atom. The van der Waals surface area contributed by atoms with E-state index in [4.69, 9.17) is 0 Å². The molecule has 0 bridgehead atoms. The van der Waals surface area contributed by atoms with Crippen LogP contribution in [0.2, 0.25) is 0 Å². The summed E-state index contributed by atoms with van der Waals surface area (Å²) in [6, 6.07) is 9.97. The van der Waals surface area contributed by atoms with Gasteiger partial charge in [-0.05, 0) is 43.4 Å². The summed E-state index contributed by atoms with van der Waals surface area (Å²) in [6.07, 6.45) is 0. The van der Waals surface area contributed by atoms with Crippen molar-refractivity contribution in [2.24, 2.45) is 0 Å². The van der Waals surface area contributed by atoms with Gasteiger partial charge in [-0.15, -0.1) is 0 Å². The van der Waals surface area contributed by atoms with Crippen LogP contribution in [-0.4, -0.2) is 35.1 Å². The number of nitrogens with zero attached hydrogens (tertiary/aromatic N) is 1. The predicted octanol–water partition coefficient (Wildman–Crippen LogP) is 3.60. The topological polar surface area (TPSA) is 85.6 Å². The lowest BCUT2D eigenvalue weighted by Gasteiger charge is -2.13. The third-order valence-electron chi connectivity index (χ3n) is 4.33. The highest BCUT2D eigenvalue weighted by Crippen LogP contribution is 2.32. The molecule has 0 fully saturated rings. The molecular formula is C19H17BrFN5O. The van der Waals surface area contributed by atoms with E-state index in [1.165, 1.54) is 12.1 Å². The average molecular weight is 430 g/mol. The van der Waals surface area contributed by atoms with Crippen molar-refractivity contribution in [2.45, 2.75) is 0 Å². The van der Waals surface area contributed by atoms with Crippen LogP contribution in [0.15, 0.2) is 45.7 Å². The smallest absolute Gasteiger partial charge is 0.261 e. The monoisotopic (exact) mass is 429 g/mol. The minimum Gasteiger partial charge on any atom is -0.382 e. The van der Waals surface area contributed by atoms with Crippen molar-refractivity contribution in [1.29, 1.82) is 0 Å². The summed E-state index contributed by atoms with van der Waals surface area (Å²) in [5.41, 5.74) is 2.68. The van der Waals surface area contributed by atoms with E-state index >= 15 is 0 Å². The predicted molar refractivity (Wildman–Crippen MR) is 110 cm³/mol. The van der Waals surface area contributed by atoms with Crippen molar-refractivity contribution in [3.63, 3.8) is 0 Å². The molecule has 2 aromatic carbocycles. The first-order chi connectivity index (χ1) is 13.1. The molecule has 6 nitrogen and oxygen atoms in total. The normalized spacial score (nSPS) is 11.4. The van der Waals surface area contributed by atoms with Gasteiger partial charge < -0.3 is 20.6 Å². The summed E-state index contributed by atoms with van der Waals surface area (Å²) in [5, 5.41) is 7.28. The van der Waals surface area contributed by atoms with Gasteiger partial charge in [-0.3, -0.25) is 4.79 Å². The van der Waals surface area contributed by atoms with Gasteiger partial charge in [0.1, 0.15) is 17.2 Å². The molecule has 27 heavy (non-hydrogen) atoms. The van der Waals surface area contributed by atoms with Crippen LogP contribution in [0.25, 0.3) is 33.3 Å². The highest BCUT2D eigenvalue weighted by molar-refractivity contribution is 9.10. The average Bonchev–Trinajstić information content (AvgIpc) is 3.04. The molecule has 0 aliphatic rings. The Kier molecular flexibility index (Phi) is 4.67. The zero-order valence-corrected chi connectivity index (χ0v) is 16.1. The Hall–Kier alpha value is -2.71. The lowest BCUT2D eigenvalue weighted by atomic mass is 10.1. The Labute approximate surface area is 162 Å². The zero-order valence-electron chi connectivity index (χ0n) is 14.5. The van der Waals surface area contributed by atoms with Gasteiger partial charge in [0, 0.05) is 22.9 Å². The minimum atomic E-state index is -0.360. The Morgan fingerprint density at radius 1 is 1.11 bits per heavy atom. The summed E-state index contributed by atoms with van der Waals surface area (Å²) >= 11 is 3.49. The molecule has 4 rings (SSSR count). The summed E-state index contributed by atoms with van der Waals surface area (Å²) in [6.45, 7) is 1.36. The molecule has 0 saturated heterocycles. The molecule has 138 valence electrons. The second-order valence-corrected chi connectivity index (χ2v) is 7.09. The maximum absolute atomic E-state index is 13.5. The van der Waals surface area contributed by atoms with Crippen LogP contribution in [0, 0.1) is 5.82 Å². The van der Waals surface area contributed by atoms with E-state index < -0.39 is 0 Å². The van der Waals surface area contributed by atoms with Crippen molar-refractivity contribution in [3.8, 4) is 11.4 Å². The fourth-order valence-electron chi connectivity index (χ4n) is 3.09. The SMILES string of the molecule is CNCCNc1c(-c2nc3ccc(F)cc3[nH]2)c(=O)[nH]c2ccc(Br)cc12. The maximum Gasteiger partial charge on any atom is 0.261 e. The number of nitrogens with one attached hydrogen (secondary N) is 4. The molecule has 0 radical (unpaired) electrons. The van der Waals surface area contributed by atoms with Crippen LogP contribution >= 0.6 is 15.9 Å². The second kappa shape index (κ2) is 7.13. The number of pyridine rings is 1. The Morgan fingerprint density at radius 3 is 2.78 bits per heavy atom. The van der Waals surface area contributed by atoms with E-state index in [1.807, 2.05) is 25.2 Å². The number of halogens is 2. The molecule has 0 unspecified atom stereocenters. The van der Waals surface area contributed by atoms with Crippen LogP contribution in [0.1, 0.15) is 0 Å². The molecule has 0 saturated carbocycles. The number of benzene rings is 2. The molecule has 8 heteroatoms. The molecule has 4 aromatic rings. The molecule has 0 aliphatic heterocycles. The Balaban J connectivity index is 1.97. The molecule has 2 heterocycles. The van der Waals surface area contributed by atoms with E-state index in [2.05, 4.69) is 41.5 Å². The fourth-order valence-corrected chi connectivity index (χ4v) is 3.45. The molecule has 0 amide bonds. The number of hydrogen-bond acceptors (Lipinski definition) is 4. The summed E-state index contributed by atoms with van der Waals surface area (Å²) in [7, 11) is 1.86. The van der Waals surface area contributed by atoms with Gasteiger partial charge >= 0.3 is 0 Å². The van der Waals surface area contributed by atoms with E-state index in [-0.39, 0.29) is 11.4 Å². The van der Waals surface area contributed by atoms with Crippen LogP contribution < -0.4 is 16.2 Å². The van der Waals surface area contributed by atoms with E-state index in [1.54, 1.807) is 6.07 Å². The quantitative estimate of drug-likeness (QED) is 0.365.